The van der Waals surface area contributed by atoms with Crippen LogP contribution in [0.25, 0.3) is 10.4 Å². The minimum absolute atomic E-state index is 0.0468. The summed E-state index contributed by atoms with van der Waals surface area (Å²) in [5, 5.41) is 2.82. The van der Waals surface area contributed by atoms with Crippen molar-refractivity contribution in [2.45, 2.75) is 31.6 Å². The summed E-state index contributed by atoms with van der Waals surface area (Å²) in [4.78, 5) is 26.4. The van der Waals surface area contributed by atoms with Gasteiger partial charge in [0.15, 0.2) is 5.12 Å². The van der Waals surface area contributed by atoms with E-state index in [1.807, 2.05) is 13.8 Å². The van der Waals surface area contributed by atoms with E-state index in [-0.39, 0.29) is 16.6 Å². The molecule has 1 rings (SSSR count). The zero-order valence-electron chi connectivity index (χ0n) is 11.5. The molecule has 0 aliphatic carbocycles. The van der Waals surface area contributed by atoms with E-state index in [1.165, 1.54) is 6.07 Å². The van der Waals surface area contributed by atoms with Crippen LogP contribution in [-0.2, 0) is 4.79 Å². The highest BCUT2D eigenvalue weighted by molar-refractivity contribution is 9.10. The van der Waals surface area contributed by atoms with Gasteiger partial charge in [-0.15, -0.1) is 0 Å². The van der Waals surface area contributed by atoms with Crippen LogP contribution in [0, 0.1) is 11.7 Å². The number of azide groups is 1. The van der Waals surface area contributed by atoms with Gasteiger partial charge in [0.2, 0.25) is 0 Å². The lowest BCUT2D eigenvalue weighted by Gasteiger charge is -2.12. The average Bonchev–Trinajstić information content (AvgIpc) is 2.43. The van der Waals surface area contributed by atoms with Crippen molar-refractivity contribution in [3.8, 4) is 0 Å². The third-order valence-corrected chi connectivity index (χ3v) is 4.93. The second-order valence-electron chi connectivity index (χ2n) is 4.19. The normalized spacial score (nSPS) is 10.3. The molecule has 0 saturated carbocycles. The van der Waals surface area contributed by atoms with Crippen molar-refractivity contribution in [2.24, 2.45) is 11.0 Å². The van der Waals surface area contributed by atoms with Gasteiger partial charge in [-0.2, -0.15) is 0 Å². The summed E-state index contributed by atoms with van der Waals surface area (Å²) in [6.07, 6.45) is 1.43. The van der Waals surface area contributed by atoms with Crippen LogP contribution in [0.5, 0.6) is 0 Å². The Morgan fingerprint density at radius 1 is 1.43 bits per heavy atom. The molecule has 0 fully saturated rings. The van der Waals surface area contributed by atoms with Gasteiger partial charge in [0.05, 0.1) is 5.56 Å². The summed E-state index contributed by atoms with van der Waals surface area (Å²) in [7, 11) is 0. The highest BCUT2D eigenvalue weighted by atomic mass is 79.9. The molecule has 112 valence electrons. The molecule has 0 aliphatic rings. The van der Waals surface area contributed by atoms with E-state index in [4.69, 9.17) is 5.53 Å². The summed E-state index contributed by atoms with van der Waals surface area (Å²) in [6.45, 7) is 3.84. The van der Waals surface area contributed by atoms with Crippen molar-refractivity contribution in [1.29, 1.82) is 0 Å². The van der Waals surface area contributed by atoms with Gasteiger partial charge in [0.25, 0.3) is 5.91 Å². The zero-order chi connectivity index (χ0) is 16.0. The quantitative estimate of drug-likeness (QED) is 0.311. The lowest BCUT2D eigenvalue weighted by atomic mass is 10.1. The second-order valence-corrected chi connectivity index (χ2v) is 6.09. The lowest BCUT2D eigenvalue weighted by molar-refractivity contribution is -0.114. The van der Waals surface area contributed by atoms with Crippen LogP contribution in [-0.4, -0.2) is 11.0 Å². The minimum atomic E-state index is -1.01. The fourth-order valence-corrected chi connectivity index (χ4v) is 3.29. The summed E-state index contributed by atoms with van der Waals surface area (Å²) >= 11 is 4.11. The van der Waals surface area contributed by atoms with Crippen molar-refractivity contribution in [2.75, 3.05) is 0 Å². The summed E-state index contributed by atoms with van der Waals surface area (Å²) in [6, 6.07) is 2.31. The molecule has 0 unspecified atom stereocenters. The van der Waals surface area contributed by atoms with Crippen molar-refractivity contribution in [3.63, 3.8) is 0 Å². The molecule has 0 atom stereocenters. The first-order valence-electron chi connectivity index (χ1n) is 6.24. The number of amides is 1. The molecule has 0 aromatic heterocycles. The van der Waals surface area contributed by atoms with Crippen LogP contribution in [0.15, 0.2) is 26.6 Å². The van der Waals surface area contributed by atoms with E-state index >= 15 is 0 Å². The van der Waals surface area contributed by atoms with Gasteiger partial charge in [0.1, 0.15) is 5.82 Å². The van der Waals surface area contributed by atoms with E-state index in [0.717, 1.165) is 17.8 Å². The number of carbonyl (C=O) groups excluding carboxylic acids is 2. The van der Waals surface area contributed by atoms with Crippen molar-refractivity contribution in [1.82, 2.24) is 0 Å². The SMILES string of the molecule is CCC(CC)C(=O)Sc1cc(C(=O)N=[N+]=[N-])c(F)cc1Br. The Morgan fingerprint density at radius 3 is 2.57 bits per heavy atom. The summed E-state index contributed by atoms with van der Waals surface area (Å²) in [5.74, 6) is -1.92. The highest BCUT2D eigenvalue weighted by Crippen LogP contribution is 2.33. The standard InChI is InChI=1S/C13H13BrFN3O2S/c1-3-7(4-2)13(20)21-11-5-8(12(19)17-18-16)10(15)6-9(11)14/h5-7H,3-4H2,1-2H3. The Labute approximate surface area is 134 Å². The minimum Gasteiger partial charge on any atom is -0.287 e. The van der Waals surface area contributed by atoms with E-state index < -0.39 is 11.7 Å². The van der Waals surface area contributed by atoms with Crippen molar-refractivity contribution in [3.05, 3.63) is 38.4 Å². The van der Waals surface area contributed by atoms with Gasteiger partial charge in [-0.1, -0.05) is 25.6 Å². The first-order chi connectivity index (χ1) is 9.94. The molecule has 1 aromatic carbocycles. The second kappa shape index (κ2) is 8.17. The fourth-order valence-electron chi connectivity index (χ4n) is 1.68. The molecule has 0 N–H and O–H groups in total. The molecule has 0 saturated heterocycles. The predicted molar refractivity (Wildman–Crippen MR) is 82.5 cm³/mol. The van der Waals surface area contributed by atoms with Gasteiger partial charge in [-0.25, -0.2) is 4.39 Å². The number of hydrogen-bond donors (Lipinski definition) is 0. The van der Waals surface area contributed by atoms with Crippen LogP contribution >= 0.6 is 27.7 Å². The van der Waals surface area contributed by atoms with E-state index in [2.05, 4.69) is 26.0 Å². The molecule has 0 spiro atoms. The molecular weight excluding hydrogens is 361 g/mol. The molecule has 8 heteroatoms. The predicted octanol–water partition coefficient (Wildman–Crippen LogP) is 5.09. The first kappa shape index (κ1) is 17.7. The zero-order valence-corrected chi connectivity index (χ0v) is 13.9. The van der Waals surface area contributed by atoms with Crippen LogP contribution in [0.2, 0.25) is 0 Å². The third-order valence-electron chi connectivity index (χ3n) is 2.92. The molecule has 0 aliphatic heterocycles. The smallest absolute Gasteiger partial charge is 0.252 e. The highest BCUT2D eigenvalue weighted by Gasteiger charge is 2.20. The fraction of sp³-hybridized carbons (Fsp3) is 0.385. The Balaban J connectivity index is 3.13. The van der Waals surface area contributed by atoms with Crippen molar-refractivity contribution < 1.29 is 14.0 Å². The van der Waals surface area contributed by atoms with E-state index in [0.29, 0.717) is 22.2 Å². The molecule has 5 nitrogen and oxygen atoms in total. The largest absolute Gasteiger partial charge is 0.287 e. The maximum Gasteiger partial charge on any atom is 0.252 e. The number of thioether (sulfide) groups is 1. The Kier molecular flexibility index (Phi) is 6.87. The van der Waals surface area contributed by atoms with Gasteiger partial charge in [-0.05, 0) is 51.5 Å². The maximum absolute atomic E-state index is 13.7. The van der Waals surface area contributed by atoms with Crippen LogP contribution in [0.4, 0.5) is 4.39 Å². The number of rotatable bonds is 5. The van der Waals surface area contributed by atoms with Gasteiger partial charge >= 0.3 is 0 Å². The third kappa shape index (κ3) is 4.56. The Morgan fingerprint density at radius 2 is 2.05 bits per heavy atom. The molecular formula is C13H13BrFN3O2S. The van der Waals surface area contributed by atoms with Gasteiger partial charge in [-0.3, -0.25) is 9.59 Å². The van der Waals surface area contributed by atoms with E-state index in [1.54, 1.807) is 0 Å². The van der Waals surface area contributed by atoms with E-state index in [9.17, 15) is 14.0 Å². The van der Waals surface area contributed by atoms with Gasteiger partial charge in [0, 0.05) is 20.2 Å². The lowest BCUT2D eigenvalue weighted by Crippen LogP contribution is -2.09. The number of benzene rings is 1. The van der Waals surface area contributed by atoms with Crippen LogP contribution in [0.1, 0.15) is 37.0 Å². The topological polar surface area (TPSA) is 82.9 Å². The Bertz CT molecular complexity index is 614. The molecule has 21 heavy (non-hydrogen) atoms. The molecule has 1 amide bonds. The van der Waals surface area contributed by atoms with Crippen LogP contribution in [0.3, 0.4) is 0 Å². The first-order valence-corrected chi connectivity index (χ1v) is 7.85. The number of carbonyl (C=O) groups is 2. The molecule has 0 radical (unpaired) electrons. The van der Waals surface area contributed by atoms with Crippen LogP contribution < -0.4 is 0 Å². The average molecular weight is 374 g/mol. The number of nitrogens with zero attached hydrogens (tertiary/aromatic N) is 3. The molecule has 0 bridgehead atoms. The van der Waals surface area contributed by atoms with Gasteiger partial charge < -0.3 is 0 Å². The monoisotopic (exact) mass is 373 g/mol. The Hall–Kier alpha value is -1.37. The maximum atomic E-state index is 13.7. The molecule has 1 aromatic rings. The van der Waals surface area contributed by atoms with Crippen molar-refractivity contribution >= 4 is 38.7 Å². The summed E-state index contributed by atoms with van der Waals surface area (Å²) in [5.41, 5.74) is 7.89. The number of hydrogen-bond acceptors (Lipinski definition) is 3. The molecule has 0 heterocycles. The number of halogens is 2. The summed E-state index contributed by atoms with van der Waals surface area (Å²) < 4.78 is 14.1.